The van der Waals surface area contributed by atoms with E-state index in [9.17, 15) is 0 Å². The van der Waals surface area contributed by atoms with Crippen LogP contribution in [-0.4, -0.2) is 7.85 Å². The fourth-order valence-electron chi connectivity index (χ4n) is 3.03. The second-order valence-electron chi connectivity index (χ2n) is 7.35. The molecular formula is C31H19B. The molecule has 0 nitrogen and oxygen atoms in total. The summed E-state index contributed by atoms with van der Waals surface area (Å²) in [6, 6.07) is 31.6. The molecule has 146 valence electrons. The Balaban J connectivity index is 1.45. The maximum absolute atomic E-state index is 5.72. The average molecular weight is 402 g/mol. The van der Waals surface area contributed by atoms with Crippen LogP contribution in [0.1, 0.15) is 38.9 Å². The second-order valence-corrected chi connectivity index (χ2v) is 7.35. The van der Waals surface area contributed by atoms with Crippen molar-refractivity contribution in [1.29, 1.82) is 0 Å². The fourth-order valence-corrected chi connectivity index (χ4v) is 3.03. The highest BCUT2D eigenvalue weighted by Crippen LogP contribution is 2.10. The van der Waals surface area contributed by atoms with Crippen molar-refractivity contribution in [3.8, 4) is 35.5 Å². The molecule has 1 heteroatoms. The van der Waals surface area contributed by atoms with Crippen LogP contribution < -0.4 is 5.46 Å². The van der Waals surface area contributed by atoms with Gasteiger partial charge in [0.1, 0.15) is 7.85 Å². The van der Waals surface area contributed by atoms with Crippen molar-refractivity contribution in [3.63, 3.8) is 0 Å². The van der Waals surface area contributed by atoms with Gasteiger partial charge in [0.2, 0.25) is 0 Å². The minimum absolute atomic E-state index is 0.740. The summed E-state index contributed by atoms with van der Waals surface area (Å²) in [4.78, 5) is 0. The molecule has 0 fully saturated rings. The van der Waals surface area contributed by atoms with Gasteiger partial charge in [-0.15, -0.1) is 0 Å². The zero-order chi connectivity index (χ0) is 22.2. The second kappa shape index (κ2) is 10.1. The average Bonchev–Trinajstić information content (AvgIpc) is 2.83. The number of aryl methyl sites for hydroxylation is 1. The Kier molecular flexibility index (Phi) is 6.58. The van der Waals surface area contributed by atoms with Crippen LogP contribution >= 0.6 is 0 Å². The number of benzene rings is 4. The zero-order valence-electron chi connectivity index (χ0n) is 17.8. The number of hydrogen-bond donors (Lipinski definition) is 0. The molecule has 0 saturated carbocycles. The summed E-state index contributed by atoms with van der Waals surface area (Å²) >= 11 is 0. The Morgan fingerprint density at radius 1 is 0.469 bits per heavy atom. The van der Waals surface area contributed by atoms with E-state index in [2.05, 4.69) is 48.5 Å². The molecule has 0 bridgehead atoms. The van der Waals surface area contributed by atoms with Gasteiger partial charge in [0, 0.05) is 33.4 Å². The van der Waals surface area contributed by atoms with Crippen LogP contribution in [0.15, 0.2) is 97.1 Å². The Labute approximate surface area is 191 Å². The Morgan fingerprint density at radius 3 is 1.47 bits per heavy atom. The highest BCUT2D eigenvalue weighted by molar-refractivity contribution is 6.32. The maximum atomic E-state index is 5.72. The molecule has 4 rings (SSSR count). The van der Waals surface area contributed by atoms with Crippen molar-refractivity contribution in [2.24, 2.45) is 0 Å². The van der Waals surface area contributed by atoms with E-state index in [1.165, 1.54) is 0 Å². The van der Waals surface area contributed by atoms with Gasteiger partial charge < -0.3 is 0 Å². The van der Waals surface area contributed by atoms with Gasteiger partial charge in [-0.05, 0) is 79.2 Å². The summed E-state index contributed by atoms with van der Waals surface area (Å²) in [6.07, 6.45) is 0. The standard InChI is InChI=1S/C31H19B/c1-24-23-29(16-20-30(24)19-15-28-17-21-31(32)22-18-28)14-13-27-11-9-26(10-12-27)8-7-25-5-3-2-4-6-25/h2-6,9-12,16-18,20-23H,1H3. The van der Waals surface area contributed by atoms with Gasteiger partial charge >= 0.3 is 0 Å². The van der Waals surface area contributed by atoms with Gasteiger partial charge in [0.05, 0.1) is 0 Å². The van der Waals surface area contributed by atoms with Crippen molar-refractivity contribution in [2.45, 2.75) is 6.92 Å². The molecule has 0 N–H and O–H groups in total. The molecule has 0 aliphatic heterocycles. The van der Waals surface area contributed by atoms with Gasteiger partial charge in [-0.2, -0.15) is 0 Å². The van der Waals surface area contributed by atoms with Crippen LogP contribution in [0.2, 0.25) is 0 Å². The normalized spacial score (nSPS) is 9.41. The van der Waals surface area contributed by atoms with E-state index in [4.69, 9.17) is 7.85 Å². The Bertz CT molecular complexity index is 1410. The van der Waals surface area contributed by atoms with E-state index < -0.39 is 0 Å². The van der Waals surface area contributed by atoms with Crippen molar-refractivity contribution in [2.75, 3.05) is 0 Å². The Morgan fingerprint density at radius 2 is 0.906 bits per heavy atom. The fraction of sp³-hybridized carbons (Fsp3) is 0.0323. The van der Waals surface area contributed by atoms with Gasteiger partial charge in [-0.3, -0.25) is 0 Å². The number of hydrogen-bond acceptors (Lipinski definition) is 0. The first-order valence-electron chi connectivity index (χ1n) is 10.3. The first-order chi connectivity index (χ1) is 15.7. The van der Waals surface area contributed by atoms with Crippen molar-refractivity contribution >= 4 is 13.3 Å². The molecule has 0 heterocycles. The predicted molar refractivity (Wildman–Crippen MR) is 134 cm³/mol. The minimum atomic E-state index is 0.740. The summed E-state index contributed by atoms with van der Waals surface area (Å²) in [5, 5.41) is 0. The van der Waals surface area contributed by atoms with Crippen molar-refractivity contribution in [3.05, 3.63) is 136 Å². The van der Waals surface area contributed by atoms with E-state index >= 15 is 0 Å². The first-order valence-corrected chi connectivity index (χ1v) is 10.3. The van der Waals surface area contributed by atoms with E-state index in [1.807, 2.05) is 91.0 Å². The Hall–Kier alpha value is -4.38. The largest absolute Gasteiger partial charge is 0.113 e. The molecule has 0 atom stereocenters. The summed E-state index contributed by atoms with van der Waals surface area (Å²) in [5.41, 5.74) is 7.69. The molecule has 4 aromatic carbocycles. The molecule has 4 aromatic rings. The lowest BCUT2D eigenvalue weighted by Crippen LogP contribution is -1.99. The zero-order valence-corrected chi connectivity index (χ0v) is 17.8. The van der Waals surface area contributed by atoms with Crippen LogP contribution in [0.3, 0.4) is 0 Å². The summed E-state index contributed by atoms with van der Waals surface area (Å²) in [7, 11) is 5.72. The lowest BCUT2D eigenvalue weighted by Gasteiger charge is -1.99. The van der Waals surface area contributed by atoms with Crippen LogP contribution in [0.4, 0.5) is 0 Å². The molecule has 2 radical (unpaired) electrons. The first kappa shape index (κ1) is 20.9. The van der Waals surface area contributed by atoms with Gasteiger partial charge in [0.25, 0.3) is 0 Å². The van der Waals surface area contributed by atoms with E-state index in [0.29, 0.717) is 0 Å². The molecule has 0 aliphatic carbocycles. The summed E-state index contributed by atoms with van der Waals surface area (Å²) < 4.78 is 0. The highest BCUT2D eigenvalue weighted by Gasteiger charge is 1.97. The van der Waals surface area contributed by atoms with Gasteiger partial charge in [-0.1, -0.05) is 71.3 Å². The summed E-state index contributed by atoms with van der Waals surface area (Å²) in [5.74, 6) is 19.2. The smallest absolute Gasteiger partial charge is 0.0966 e. The molecule has 0 aromatic heterocycles. The third-order valence-corrected chi connectivity index (χ3v) is 4.84. The van der Waals surface area contributed by atoms with Crippen molar-refractivity contribution in [1.82, 2.24) is 0 Å². The van der Waals surface area contributed by atoms with E-state index in [0.717, 1.165) is 44.4 Å². The van der Waals surface area contributed by atoms with Gasteiger partial charge in [-0.25, -0.2) is 0 Å². The molecule has 32 heavy (non-hydrogen) atoms. The molecule has 0 aliphatic rings. The molecule has 0 unspecified atom stereocenters. The third kappa shape index (κ3) is 5.83. The monoisotopic (exact) mass is 402 g/mol. The topological polar surface area (TPSA) is 0 Å². The molecule has 0 amide bonds. The lowest BCUT2D eigenvalue weighted by atomic mass is 9.95. The highest BCUT2D eigenvalue weighted by atomic mass is 14.0. The quantitative estimate of drug-likeness (QED) is 0.287. The lowest BCUT2D eigenvalue weighted by molar-refractivity contribution is 1.42. The SMILES string of the molecule is [B]c1ccc(C#Cc2ccc(C#Cc3ccc(C#Cc4ccccc4)cc3)cc2C)cc1. The molecular weight excluding hydrogens is 383 g/mol. The third-order valence-electron chi connectivity index (χ3n) is 4.84. The van der Waals surface area contributed by atoms with Crippen LogP contribution in [0.5, 0.6) is 0 Å². The van der Waals surface area contributed by atoms with Crippen LogP contribution in [-0.2, 0) is 0 Å². The maximum Gasteiger partial charge on any atom is 0.113 e. The van der Waals surface area contributed by atoms with Gasteiger partial charge in [0.15, 0.2) is 0 Å². The van der Waals surface area contributed by atoms with Crippen LogP contribution in [0.25, 0.3) is 0 Å². The van der Waals surface area contributed by atoms with E-state index in [-0.39, 0.29) is 0 Å². The summed E-state index contributed by atoms with van der Waals surface area (Å²) in [6.45, 7) is 2.05. The number of rotatable bonds is 0. The predicted octanol–water partition coefficient (Wildman–Crippen LogP) is 4.99. The minimum Gasteiger partial charge on any atom is -0.0966 e. The van der Waals surface area contributed by atoms with Crippen molar-refractivity contribution < 1.29 is 0 Å². The molecule has 0 saturated heterocycles. The van der Waals surface area contributed by atoms with E-state index in [1.54, 1.807) is 0 Å². The van der Waals surface area contributed by atoms with Crippen LogP contribution in [0, 0.1) is 42.4 Å². The molecule has 0 spiro atoms.